The SMILES string of the molecule is CC=CCN1CC(C)[C@H]2c3cc(OC)cc(Br)c3NC21C. The minimum absolute atomic E-state index is 0.0177. The number of anilines is 1. The van der Waals surface area contributed by atoms with Gasteiger partial charge in [-0.3, -0.25) is 4.90 Å². The predicted octanol–water partition coefficient (Wildman–Crippen LogP) is 4.21. The minimum atomic E-state index is -0.0177. The lowest BCUT2D eigenvalue weighted by Crippen LogP contribution is -2.48. The Bertz CT molecular complexity index is 586. The number of benzene rings is 1. The molecule has 1 aromatic rings. The molecule has 2 heterocycles. The van der Waals surface area contributed by atoms with Crippen molar-refractivity contribution in [1.29, 1.82) is 0 Å². The van der Waals surface area contributed by atoms with Gasteiger partial charge in [-0.25, -0.2) is 0 Å². The summed E-state index contributed by atoms with van der Waals surface area (Å²) in [5, 5.41) is 3.77. The number of halogens is 1. The average molecular weight is 351 g/mol. The van der Waals surface area contributed by atoms with Crippen molar-refractivity contribution in [2.75, 3.05) is 25.5 Å². The quantitative estimate of drug-likeness (QED) is 0.826. The predicted molar refractivity (Wildman–Crippen MR) is 91.0 cm³/mol. The molecular weight excluding hydrogens is 328 g/mol. The Kier molecular flexibility index (Phi) is 3.78. The molecule has 21 heavy (non-hydrogen) atoms. The molecule has 1 fully saturated rings. The smallest absolute Gasteiger partial charge is 0.120 e. The molecule has 114 valence electrons. The molecular formula is C17H23BrN2O. The number of hydrogen-bond donors (Lipinski definition) is 1. The molecule has 1 saturated heterocycles. The highest BCUT2D eigenvalue weighted by atomic mass is 79.9. The summed E-state index contributed by atoms with van der Waals surface area (Å²) in [6.07, 6.45) is 4.36. The highest BCUT2D eigenvalue weighted by Gasteiger charge is 2.54. The Balaban J connectivity index is 2.03. The van der Waals surface area contributed by atoms with Crippen molar-refractivity contribution in [3.63, 3.8) is 0 Å². The molecule has 3 rings (SSSR count). The Morgan fingerprint density at radius 1 is 1.52 bits per heavy atom. The standard InChI is InChI=1S/C17H23BrN2O/c1-5-6-7-20-10-11(2)15-13-8-12(21-4)9-14(18)16(13)19-17(15,20)3/h5-6,8-9,11,15,19H,7,10H2,1-4H3/t11?,15-,17?/m0/s1. The Labute approximate surface area is 135 Å². The molecule has 1 aromatic carbocycles. The summed E-state index contributed by atoms with van der Waals surface area (Å²) in [5.74, 6) is 2.03. The topological polar surface area (TPSA) is 24.5 Å². The number of nitrogens with one attached hydrogen (secondary N) is 1. The van der Waals surface area contributed by atoms with Gasteiger partial charge < -0.3 is 10.1 Å². The maximum Gasteiger partial charge on any atom is 0.120 e. The van der Waals surface area contributed by atoms with Crippen LogP contribution in [0.1, 0.15) is 32.3 Å². The number of allylic oxidation sites excluding steroid dienone is 1. The first-order chi connectivity index (χ1) is 10.0. The zero-order valence-electron chi connectivity index (χ0n) is 13.1. The molecule has 0 saturated carbocycles. The summed E-state index contributed by atoms with van der Waals surface area (Å²) in [6, 6.07) is 4.23. The van der Waals surface area contributed by atoms with Crippen molar-refractivity contribution in [3.8, 4) is 5.75 Å². The summed E-state index contributed by atoms with van der Waals surface area (Å²) < 4.78 is 6.53. The van der Waals surface area contributed by atoms with Gasteiger partial charge in [-0.1, -0.05) is 19.1 Å². The first-order valence-electron chi connectivity index (χ1n) is 7.53. The van der Waals surface area contributed by atoms with Gasteiger partial charge in [0, 0.05) is 23.5 Å². The van der Waals surface area contributed by atoms with Crippen molar-refractivity contribution in [3.05, 3.63) is 34.3 Å². The van der Waals surface area contributed by atoms with Crippen LogP contribution in [0.5, 0.6) is 5.75 Å². The third kappa shape index (κ3) is 2.20. The van der Waals surface area contributed by atoms with Crippen molar-refractivity contribution in [2.45, 2.75) is 32.4 Å². The maximum absolute atomic E-state index is 5.45. The van der Waals surface area contributed by atoms with E-state index in [0.29, 0.717) is 11.8 Å². The van der Waals surface area contributed by atoms with Crippen LogP contribution in [0.25, 0.3) is 0 Å². The molecule has 0 aliphatic carbocycles. The fraction of sp³-hybridized carbons (Fsp3) is 0.529. The fourth-order valence-electron chi connectivity index (χ4n) is 4.01. The number of methoxy groups -OCH3 is 1. The summed E-state index contributed by atoms with van der Waals surface area (Å²) >= 11 is 3.69. The molecule has 2 aliphatic rings. The lowest BCUT2D eigenvalue weighted by molar-refractivity contribution is 0.197. The van der Waals surface area contributed by atoms with E-state index in [1.807, 2.05) is 6.07 Å². The van der Waals surface area contributed by atoms with Gasteiger partial charge in [-0.05, 0) is 53.4 Å². The Morgan fingerprint density at radius 2 is 2.29 bits per heavy atom. The fourth-order valence-corrected chi connectivity index (χ4v) is 4.56. The zero-order chi connectivity index (χ0) is 15.2. The number of rotatable bonds is 3. The first-order valence-corrected chi connectivity index (χ1v) is 8.32. The Morgan fingerprint density at radius 3 is 2.95 bits per heavy atom. The van der Waals surface area contributed by atoms with Crippen LogP contribution in [0.3, 0.4) is 0 Å². The summed E-state index contributed by atoms with van der Waals surface area (Å²) in [6.45, 7) is 8.86. The van der Waals surface area contributed by atoms with E-state index in [-0.39, 0.29) is 5.66 Å². The van der Waals surface area contributed by atoms with Crippen molar-refractivity contribution >= 4 is 21.6 Å². The second-order valence-electron chi connectivity index (χ2n) is 6.27. The van der Waals surface area contributed by atoms with Crippen LogP contribution >= 0.6 is 15.9 Å². The van der Waals surface area contributed by atoms with Crippen LogP contribution in [0.4, 0.5) is 5.69 Å². The molecule has 0 radical (unpaired) electrons. The van der Waals surface area contributed by atoms with E-state index in [0.717, 1.165) is 23.3 Å². The van der Waals surface area contributed by atoms with E-state index in [2.05, 4.69) is 65.1 Å². The lowest BCUT2D eigenvalue weighted by Gasteiger charge is -2.35. The monoisotopic (exact) mass is 350 g/mol. The van der Waals surface area contributed by atoms with Crippen LogP contribution in [0.15, 0.2) is 28.8 Å². The third-order valence-corrected chi connectivity index (χ3v) is 5.57. The molecule has 3 nitrogen and oxygen atoms in total. The van der Waals surface area contributed by atoms with E-state index in [1.165, 1.54) is 11.3 Å². The van der Waals surface area contributed by atoms with E-state index in [9.17, 15) is 0 Å². The highest BCUT2D eigenvalue weighted by Crippen LogP contribution is 2.55. The van der Waals surface area contributed by atoms with Crippen LogP contribution in [0.2, 0.25) is 0 Å². The van der Waals surface area contributed by atoms with Crippen molar-refractivity contribution in [2.24, 2.45) is 5.92 Å². The number of hydrogen-bond acceptors (Lipinski definition) is 3. The van der Waals surface area contributed by atoms with Crippen molar-refractivity contribution < 1.29 is 4.74 Å². The molecule has 2 aliphatic heterocycles. The first kappa shape index (κ1) is 14.9. The van der Waals surface area contributed by atoms with Crippen LogP contribution in [-0.4, -0.2) is 30.8 Å². The molecule has 0 amide bonds. The highest BCUT2D eigenvalue weighted by molar-refractivity contribution is 9.10. The van der Waals surface area contributed by atoms with Gasteiger partial charge >= 0.3 is 0 Å². The largest absolute Gasteiger partial charge is 0.497 e. The van der Waals surface area contributed by atoms with Gasteiger partial charge in [-0.15, -0.1) is 0 Å². The maximum atomic E-state index is 5.45. The van der Waals surface area contributed by atoms with Gasteiger partial charge in [0.2, 0.25) is 0 Å². The molecule has 2 unspecified atom stereocenters. The van der Waals surface area contributed by atoms with Gasteiger partial charge in [0.05, 0.1) is 18.5 Å². The third-order valence-electron chi connectivity index (χ3n) is 4.94. The number of nitrogens with zero attached hydrogens (tertiary/aromatic N) is 1. The second-order valence-corrected chi connectivity index (χ2v) is 7.13. The summed E-state index contributed by atoms with van der Waals surface area (Å²) in [7, 11) is 1.73. The molecule has 3 atom stereocenters. The van der Waals surface area contributed by atoms with Gasteiger partial charge in [0.1, 0.15) is 5.75 Å². The van der Waals surface area contributed by atoms with Gasteiger partial charge in [-0.2, -0.15) is 0 Å². The molecule has 1 N–H and O–H groups in total. The minimum Gasteiger partial charge on any atom is -0.497 e. The van der Waals surface area contributed by atoms with E-state index in [1.54, 1.807) is 7.11 Å². The second kappa shape index (κ2) is 5.33. The number of likely N-dealkylation sites (tertiary alicyclic amines) is 1. The summed E-state index contributed by atoms with van der Waals surface area (Å²) in [4.78, 5) is 2.54. The normalized spacial score (nSPS) is 31.3. The number of fused-ring (bicyclic) bond motifs is 3. The number of ether oxygens (including phenoxy) is 1. The van der Waals surface area contributed by atoms with Crippen LogP contribution in [0, 0.1) is 5.92 Å². The Hall–Kier alpha value is -1.00. The molecule has 4 heteroatoms. The average Bonchev–Trinajstić information content (AvgIpc) is 2.88. The molecule has 0 bridgehead atoms. The van der Waals surface area contributed by atoms with E-state index >= 15 is 0 Å². The molecule has 0 spiro atoms. The lowest BCUT2D eigenvalue weighted by atomic mass is 9.85. The van der Waals surface area contributed by atoms with E-state index < -0.39 is 0 Å². The molecule has 0 aromatic heterocycles. The van der Waals surface area contributed by atoms with Crippen LogP contribution in [-0.2, 0) is 0 Å². The van der Waals surface area contributed by atoms with Crippen LogP contribution < -0.4 is 10.1 Å². The van der Waals surface area contributed by atoms with Crippen molar-refractivity contribution in [1.82, 2.24) is 4.90 Å². The zero-order valence-corrected chi connectivity index (χ0v) is 14.7. The van der Waals surface area contributed by atoms with Gasteiger partial charge in [0.15, 0.2) is 0 Å². The summed E-state index contributed by atoms with van der Waals surface area (Å²) in [5.41, 5.74) is 2.58. The van der Waals surface area contributed by atoms with Gasteiger partial charge in [0.25, 0.3) is 0 Å². The van der Waals surface area contributed by atoms with E-state index in [4.69, 9.17) is 4.74 Å².